The van der Waals surface area contributed by atoms with Gasteiger partial charge in [0.1, 0.15) is 30.1 Å². The van der Waals surface area contributed by atoms with Crippen LogP contribution in [0.2, 0.25) is 0 Å². The molecular formula is C34H42BrN5O4. The number of ether oxygens (including phenoxy) is 3. The topological polar surface area (TPSA) is 80.3 Å². The van der Waals surface area contributed by atoms with Gasteiger partial charge in [0.05, 0.1) is 16.6 Å². The lowest BCUT2D eigenvalue weighted by atomic mass is 10.1. The van der Waals surface area contributed by atoms with Gasteiger partial charge in [-0.3, -0.25) is 0 Å². The number of amides is 1. The predicted octanol–water partition coefficient (Wildman–Crippen LogP) is 6.52. The molecule has 0 N–H and O–H groups in total. The van der Waals surface area contributed by atoms with Crippen LogP contribution in [0.4, 0.5) is 10.6 Å². The molecule has 3 atom stereocenters. The standard InChI is InChI=1S/C34H42BrN5O4/c1-34(2,3)44-33(41)40-18-24-15-25(40)17-39(24)31-27-16-26(22-12-13-22)28(35)30(42-19-21-9-6-5-7-10-21)29(27)36-32(37-31)43-20-23-11-8-14-38(23)4/h5-7,9-10,16,22-25H,8,11-15,17-20H2,1-4H3/t23-,24-,25-/m0/s1. The van der Waals surface area contributed by atoms with Crippen molar-refractivity contribution in [2.75, 3.05) is 38.2 Å². The van der Waals surface area contributed by atoms with E-state index in [2.05, 4.69) is 51.0 Å². The number of likely N-dealkylation sites (tertiary alicyclic amines) is 2. The van der Waals surface area contributed by atoms with Crippen molar-refractivity contribution >= 4 is 38.7 Å². The number of anilines is 1. The Morgan fingerprint density at radius 1 is 1.05 bits per heavy atom. The second-order valence-electron chi connectivity index (χ2n) is 13.8. The molecule has 9 nitrogen and oxygen atoms in total. The lowest BCUT2D eigenvalue weighted by Gasteiger charge is -2.36. The summed E-state index contributed by atoms with van der Waals surface area (Å²) >= 11 is 3.93. The molecule has 3 aliphatic heterocycles. The van der Waals surface area contributed by atoms with Gasteiger partial charge in [-0.25, -0.2) is 4.79 Å². The van der Waals surface area contributed by atoms with Crippen LogP contribution < -0.4 is 14.4 Å². The van der Waals surface area contributed by atoms with Gasteiger partial charge < -0.3 is 28.9 Å². The number of hydrogen-bond acceptors (Lipinski definition) is 8. The molecule has 1 aromatic heterocycles. The Morgan fingerprint density at radius 2 is 1.84 bits per heavy atom. The molecule has 2 bridgehead atoms. The minimum absolute atomic E-state index is 0.0727. The molecule has 4 heterocycles. The maximum absolute atomic E-state index is 13.0. The van der Waals surface area contributed by atoms with Gasteiger partial charge in [-0.2, -0.15) is 9.97 Å². The molecule has 3 aromatic rings. The largest absolute Gasteiger partial charge is 0.485 e. The number of piperazine rings is 1. The van der Waals surface area contributed by atoms with Crippen LogP contribution in [-0.4, -0.2) is 82.9 Å². The van der Waals surface area contributed by atoms with E-state index < -0.39 is 5.60 Å². The third-order valence-corrected chi connectivity index (χ3v) is 10.2. The molecule has 1 amide bonds. The van der Waals surface area contributed by atoms with Gasteiger partial charge >= 0.3 is 12.1 Å². The van der Waals surface area contributed by atoms with Crippen molar-refractivity contribution in [1.82, 2.24) is 19.8 Å². The number of hydrogen-bond donors (Lipinski definition) is 0. The zero-order valence-electron chi connectivity index (χ0n) is 26.1. The number of nitrogens with zero attached hydrogens (tertiary/aromatic N) is 5. The molecule has 4 aliphatic rings. The van der Waals surface area contributed by atoms with Crippen LogP contribution in [0.25, 0.3) is 10.9 Å². The summed E-state index contributed by atoms with van der Waals surface area (Å²) < 4.78 is 19.7. The monoisotopic (exact) mass is 663 g/mol. The van der Waals surface area contributed by atoms with Crippen molar-refractivity contribution in [2.24, 2.45) is 0 Å². The molecule has 7 rings (SSSR count). The average molecular weight is 665 g/mol. The fraction of sp³-hybridized carbons (Fsp3) is 0.559. The SMILES string of the molecule is CN1CCC[C@H]1COc1nc(N2C[C@@H]3C[C@H]2CN3C(=O)OC(C)(C)C)c2cc(C3CC3)c(Br)c(OCc3ccccc3)c2n1. The zero-order chi connectivity index (χ0) is 30.6. The van der Waals surface area contributed by atoms with E-state index in [9.17, 15) is 4.79 Å². The van der Waals surface area contributed by atoms with Crippen molar-refractivity contribution in [3.63, 3.8) is 0 Å². The fourth-order valence-corrected chi connectivity index (χ4v) is 7.61. The third kappa shape index (κ3) is 5.95. The van der Waals surface area contributed by atoms with Crippen LogP contribution in [-0.2, 0) is 11.3 Å². The van der Waals surface area contributed by atoms with Crippen LogP contribution in [0.1, 0.15) is 69.9 Å². The highest BCUT2D eigenvalue weighted by molar-refractivity contribution is 9.10. The van der Waals surface area contributed by atoms with Crippen LogP contribution in [0.5, 0.6) is 11.8 Å². The van der Waals surface area contributed by atoms with Gasteiger partial charge in [-0.1, -0.05) is 30.3 Å². The first-order chi connectivity index (χ1) is 21.1. The van der Waals surface area contributed by atoms with E-state index in [1.165, 1.54) is 12.0 Å². The van der Waals surface area contributed by atoms with Crippen LogP contribution in [0.15, 0.2) is 40.9 Å². The molecule has 234 valence electrons. The Morgan fingerprint density at radius 3 is 2.50 bits per heavy atom. The van der Waals surface area contributed by atoms with E-state index >= 15 is 0 Å². The number of benzene rings is 2. The minimum atomic E-state index is -0.524. The first kappa shape index (κ1) is 29.6. The minimum Gasteiger partial charge on any atom is -0.485 e. The fourth-order valence-electron chi connectivity index (χ4n) is 6.86. The summed E-state index contributed by atoms with van der Waals surface area (Å²) in [4.78, 5) is 29.7. The number of carbonyl (C=O) groups excluding carboxylic acids is 1. The lowest BCUT2D eigenvalue weighted by molar-refractivity contribution is 0.0214. The van der Waals surface area contributed by atoms with Crippen LogP contribution in [0.3, 0.4) is 0 Å². The van der Waals surface area contributed by atoms with Gasteiger partial charge in [0.2, 0.25) is 0 Å². The predicted molar refractivity (Wildman–Crippen MR) is 174 cm³/mol. The van der Waals surface area contributed by atoms with E-state index in [1.807, 2.05) is 43.9 Å². The number of aromatic nitrogens is 2. The number of halogens is 1. The lowest BCUT2D eigenvalue weighted by Crippen LogP contribution is -2.50. The Balaban J connectivity index is 1.26. The number of fused-ring (bicyclic) bond motifs is 3. The first-order valence-corrected chi connectivity index (χ1v) is 16.7. The van der Waals surface area contributed by atoms with Gasteiger partial charge in [0, 0.05) is 24.5 Å². The summed E-state index contributed by atoms with van der Waals surface area (Å²) in [6, 6.07) is 13.4. The highest BCUT2D eigenvalue weighted by Gasteiger charge is 2.48. The van der Waals surface area contributed by atoms with E-state index in [4.69, 9.17) is 24.2 Å². The second kappa shape index (κ2) is 11.7. The Kier molecular flexibility index (Phi) is 7.85. The molecule has 0 unspecified atom stereocenters. The summed E-state index contributed by atoms with van der Waals surface area (Å²) in [7, 11) is 2.15. The summed E-state index contributed by atoms with van der Waals surface area (Å²) in [5, 5.41) is 0.972. The quantitative estimate of drug-likeness (QED) is 0.270. The Labute approximate surface area is 268 Å². The van der Waals surface area contributed by atoms with Gasteiger partial charge in [-0.15, -0.1) is 0 Å². The number of carbonyl (C=O) groups is 1. The number of rotatable bonds is 8. The van der Waals surface area contributed by atoms with E-state index in [0.717, 1.165) is 64.7 Å². The van der Waals surface area contributed by atoms with Gasteiger partial charge in [-0.05, 0) is 106 Å². The Hall–Kier alpha value is -3.11. The zero-order valence-corrected chi connectivity index (χ0v) is 27.7. The smallest absolute Gasteiger partial charge is 0.410 e. The first-order valence-electron chi connectivity index (χ1n) is 15.9. The highest BCUT2D eigenvalue weighted by atomic mass is 79.9. The summed E-state index contributed by atoms with van der Waals surface area (Å²) in [5.41, 5.74) is 2.57. The van der Waals surface area contributed by atoms with Crippen LogP contribution in [0, 0.1) is 0 Å². The van der Waals surface area contributed by atoms with E-state index in [0.29, 0.717) is 44.3 Å². The second-order valence-corrected chi connectivity index (χ2v) is 14.6. The van der Waals surface area contributed by atoms with Crippen molar-refractivity contribution in [1.29, 1.82) is 0 Å². The average Bonchev–Trinajstić information content (AvgIpc) is 3.42. The van der Waals surface area contributed by atoms with Crippen LogP contribution >= 0.6 is 15.9 Å². The summed E-state index contributed by atoms with van der Waals surface area (Å²) in [5.74, 6) is 2.09. The molecule has 10 heteroatoms. The van der Waals surface area contributed by atoms with Crippen molar-refractivity contribution in [2.45, 2.75) is 89.1 Å². The molecular weight excluding hydrogens is 622 g/mol. The van der Waals surface area contributed by atoms with E-state index in [1.54, 1.807) is 0 Å². The normalized spacial score (nSPS) is 23.5. The maximum Gasteiger partial charge on any atom is 0.410 e. The van der Waals surface area contributed by atoms with Gasteiger partial charge in [0.15, 0.2) is 5.75 Å². The van der Waals surface area contributed by atoms with Crippen molar-refractivity contribution in [3.8, 4) is 11.8 Å². The molecule has 2 aromatic carbocycles. The molecule has 0 radical (unpaired) electrons. The van der Waals surface area contributed by atoms with Crippen molar-refractivity contribution < 1.29 is 19.0 Å². The highest BCUT2D eigenvalue weighted by Crippen LogP contribution is 2.50. The van der Waals surface area contributed by atoms with Crippen molar-refractivity contribution in [3.05, 3.63) is 52.0 Å². The Bertz CT molecular complexity index is 1540. The summed E-state index contributed by atoms with van der Waals surface area (Å²) in [6.45, 7) is 9.10. The number of likely N-dealkylation sites (N-methyl/N-ethyl adjacent to an activating group) is 1. The van der Waals surface area contributed by atoms with E-state index in [-0.39, 0.29) is 18.2 Å². The molecule has 1 saturated carbocycles. The molecule has 3 saturated heterocycles. The molecule has 0 spiro atoms. The summed E-state index contributed by atoms with van der Waals surface area (Å²) in [6.07, 6.45) is 5.25. The molecule has 44 heavy (non-hydrogen) atoms. The van der Waals surface area contributed by atoms with Gasteiger partial charge in [0.25, 0.3) is 0 Å². The molecule has 1 aliphatic carbocycles. The third-order valence-electron chi connectivity index (χ3n) is 9.33. The maximum atomic E-state index is 13.0. The molecule has 4 fully saturated rings.